The first-order valence-corrected chi connectivity index (χ1v) is 10.3. The number of rotatable bonds is 3. The first kappa shape index (κ1) is 17.4. The van der Waals surface area contributed by atoms with Crippen LogP contribution < -0.4 is 10.1 Å². The summed E-state index contributed by atoms with van der Waals surface area (Å²) in [5, 5.41) is 5.97. The van der Waals surface area contributed by atoms with E-state index in [2.05, 4.69) is 47.8 Å². The smallest absolute Gasteiger partial charge is 0.173 e. The normalized spacial score (nSPS) is 20.7. The van der Waals surface area contributed by atoms with E-state index in [1.165, 1.54) is 16.3 Å². The van der Waals surface area contributed by atoms with Crippen LogP contribution >= 0.6 is 0 Å². The Morgan fingerprint density at radius 2 is 1.68 bits per heavy atom. The van der Waals surface area contributed by atoms with Gasteiger partial charge in [0.1, 0.15) is 11.4 Å². The fraction of sp³-hybridized carbons (Fsp3) is 0.320. The quantitative estimate of drug-likeness (QED) is 0.720. The molecule has 1 fully saturated rings. The third kappa shape index (κ3) is 2.91. The fourth-order valence-electron chi connectivity index (χ4n) is 4.98. The predicted octanol–water partition coefficient (Wildman–Crippen LogP) is 4.79. The van der Waals surface area contributed by atoms with Gasteiger partial charge >= 0.3 is 0 Å². The zero-order valence-corrected chi connectivity index (χ0v) is 16.0. The lowest BCUT2D eigenvalue weighted by molar-refractivity contribution is -0.0233. The Labute approximate surface area is 165 Å². The molecule has 3 aromatic carbocycles. The highest BCUT2D eigenvalue weighted by Crippen LogP contribution is 2.43. The lowest BCUT2D eigenvalue weighted by atomic mass is 9.71. The van der Waals surface area contributed by atoms with Crippen LogP contribution in [0.5, 0.6) is 5.75 Å². The first-order chi connectivity index (χ1) is 13.8. The van der Waals surface area contributed by atoms with Crippen LogP contribution in [-0.4, -0.2) is 24.5 Å². The number of nitrogens with one attached hydrogen (secondary N) is 1. The van der Waals surface area contributed by atoms with Crippen molar-refractivity contribution in [3.05, 3.63) is 77.9 Å². The average molecular weight is 371 g/mol. The number of para-hydroxylation sites is 1. The number of benzene rings is 3. The van der Waals surface area contributed by atoms with E-state index in [9.17, 15) is 4.79 Å². The fourth-order valence-corrected chi connectivity index (χ4v) is 4.98. The monoisotopic (exact) mass is 371 g/mol. The van der Waals surface area contributed by atoms with E-state index in [-0.39, 0.29) is 17.3 Å². The molecule has 0 radical (unpaired) electrons. The van der Waals surface area contributed by atoms with Gasteiger partial charge in [-0.15, -0.1) is 0 Å². The molecule has 1 atom stereocenters. The van der Waals surface area contributed by atoms with Crippen molar-refractivity contribution >= 4 is 16.6 Å². The summed E-state index contributed by atoms with van der Waals surface area (Å²) in [4.78, 5) is 13.5. The topological polar surface area (TPSA) is 38.3 Å². The molecule has 3 heteroatoms. The Morgan fingerprint density at radius 3 is 2.57 bits per heavy atom. The third-order valence-corrected chi connectivity index (χ3v) is 6.45. The summed E-state index contributed by atoms with van der Waals surface area (Å²) >= 11 is 0. The molecule has 1 N–H and O–H groups in total. The number of carbonyl (C=O) groups is 1. The molecule has 5 rings (SSSR count). The van der Waals surface area contributed by atoms with E-state index in [1.807, 2.05) is 24.3 Å². The summed E-state index contributed by atoms with van der Waals surface area (Å²) in [6.45, 7) is 1.81. The van der Waals surface area contributed by atoms with Crippen molar-refractivity contribution in [2.45, 2.75) is 31.3 Å². The van der Waals surface area contributed by atoms with Gasteiger partial charge in [-0.2, -0.15) is 0 Å². The van der Waals surface area contributed by atoms with Gasteiger partial charge in [0.2, 0.25) is 0 Å². The minimum atomic E-state index is -0.374. The van der Waals surface area contributed by atoms with Gasteiger partial charge in [-0.1, -0.05) is 54.6 Å². The summed E-state index contributed by atoms with van der Waals surface area (Å²) < 4.78 is 6.56. The van der Waals surface area contributed by atoms with Crippen molar-refractivity contribution in [3.8, 4) is 5.75 Å². The number of aryl methyl sites for hydroxylation is 1. The lowest BCUT2D eigenvalue weighted by Crippen LogP contribution is -2.56. The van der Waals surface area contributed by atoms with Crippen molar-refractivity contribution in [3.63, 3.8) is 0 Å². The maximum absolute atomic E-state index is 13.5. The van der Waals surface area contributed by atoms with Gasteiger partial charge in [0.05, 0.1) is 11.5 Å². The molecular weight excluding hydrogens is 346 g/mol. The van der Waals surface area contributed by atoms with E-state index >= 15 is 0 Å². The molecular formula is C25H25NO2. The predicted molar refractivity (Wildman–Crippen MR) is 112 cm³/mol. The van der Waals surface area contributed by atoms with Crippen LogP contribution in [0, 0.1) is 5.92 Å². The third-order valence-electron chi connectivity index (χ3n) is 6.45. The van der Waals surface area contributed by atoms with E-state index in [0.717, 1.165) is 50.1 Å². The Bertz CT molecular complexity index is 1010. The number of ketones is 1. The first-order valence-electron chi connectivity index (χ1n) is 10.3. The van der Waals surface area contributed by atoms with Crippen LogP contribution in [0.3, 0.4) is 0 Å². The van der Waals surface area contributed by atoms with Gasteiger partial charge in [0.25, 0.3) is 0 Å². The van der Waals surface area contributed by atoms with E-state index in [0.29, 0.717) is 0 Å². The van der Waals surface area contributed by atoms with Crippen LogP contribution in [0.4, 0.5) is 0 Å². The summed E-state index contributed by atoms with van der Waals surface area (Å²) in [7, 11) is 0. The second-order valence-electron chi connectivity index (χ2n) is 8.01. The zero-order valence-electron chi connectivity index (χ0n) is 16.0. The molecule has 1 saturated heterocycles. The van der Waals surface area contributed by atoms with Gasteiger partial charge in [0.15, 0.2) is 5.78 Å². The van der Waals surface area contributed by atoms with Crippen molar-refractivity contribution in [2.24, 2.45) is 5.92 Å². The Hall–Kier alpha value is -2.65. The summed E-state index contributed by atoms with van der Waals surface area (Å²) in [6, 6.07) is 22.7. The van der Waals surface area contributed by atoms with Crippen LogP contribution in [0.25, 0.3) is 10.8 Å². The van der Waals surface area contributed by atoms with Crippen molar-refractivity contribution in [2.75, 3.05) is 13.1 Å². The molecule has 0 amide bonds. The van der Waals surface area contributed by atoms with Crippen molar-refractivity contribution in [1.29, 1.82) is 0 Å². The molecule has 0 aliphatic carbocycles. The summed E-state index contributed by atoms with van der Waals surface area (Å²) in [6.07, 6.45) is 3.47. The van der Waals surface area contributed by atoms with Crippen LogP contribution in [-0.2, 0) is 6.42 Å². The number of hydrogen-bond acceptors (Lipinski definition) is 3. The Balaban J connectivity index is 1.49. The van der Waals surface area contributed by atoms with Crippen molar-refractivity contribution < 1.29 is 9.53 Å². The average Bonchev–Trinajstić information content (AvgIpc) is 2.74. The van der Waals surface area contributed by atoms with Gasteiger partial charge in [-0.3, -0.25) is 4.79 Å². The van der Waals surface area contributed by atoms with E-state index in [4.69, 9.17) is 4.74 Å². The molecule has 2 aliphatic heterocycles. The van der Waals surface area contributed by atoms with E-state index < -0.39 is 0 Å². The molecule has 1 spiro atoms. The molecule has 2 heterocycles. The highest BCUT2D eigenvalue weighted by atomic mass is 16.5. The molecule has 28 heavy (non-hydrogen) atoms. The minimum absolute atomic E-state index is 0.0940. The van der Waals surface area contributed by atoms with Crippen LogP contribution in [0.1, 0.15) is 35.2 Å². The van der Waals surface area contributed by atoms with Crippen molar-refractivity contribution in [1.82, 2.24) is 5.32 Å². The molecule has 1 unspecified atom stereocenters. The number of fused-ring (bicyclic) bond motifs is 2. The number of Topliss-reactive ketones (excluding diaryl/α,β-unsaturated/α-hetero) is 1. The van der Waals surface area contributed by atoms with Gasteiger partial charge in [-0.05, 0) is 54.4 Å². The van der Waals surface area contributed by atoms with Gasteiger partial charge < -0.3 is 10.1 Å². The number of piperidine rings is 1. The lowest BCUT2D eigenvalue weighted by Gasteiger charge is -2.46. The zero-order chi connectivity index (χ0) is 19.0. The highest BCUT2D eigenvalue weighted by molar-refractivity contribution is 6.02. The maximum Gasteiger partial charge on any atom is 0.173 e. The van der Waals surface area contributed by atoms with Crippen LogP contribution in [0.2, 0.25) is 0 Å². The highest BCUT2D eigenvalue weighted by Gasteiger charge is 2.49. The number of ether oxygens (including phenoxy) is 1. The maximum atomic E-state index is 13.5. The summed E-state index contributed by atoms with van der Waals surface area (Å²) in [5.74, 6) is 0.920. The van der Waals surface area contributed by atoms with Crippen LogP contribution in [0.15, 0.2) is 66.7 Å². The second kappa shape index (κ2) is 7.06. The molecule has 3 aromatic rings. The SMILES string of the molecule is O=C1c2ccccc2OC2(CCNCC2)C1CCc1cccc2ccccc12. The molecule has 0 bridgehead atoms. The Kier molecular flexibility index (Phi) is 4.40. The molecule has 142 valence electrons. The molecule has 2 aliphatic rings. The van der Waals surface area contributed by atoms with E-state index in [1.54, 1.807) is 0 Å². The molecule has 0 saturated carbocycles. The van der Waals surface area contributed by atoms with Gasteiger partial charge in [-0.25, -0.2) is 0 Å². The second-order valence-corrected chi connectivity index (χ2v) is 8.01. The number of carbonyl (C=O) groups excluding carboxylic acids is 1. The standard InChI is InChI=1S/C25H25NO2/c27-24-21-10-3-4-11-23(21)28-25(14-16-26-17-15-25)22(24)13-12-19-8-5-7-18-6-1-2-9-20(18)19/h1-11,22,26H,12-17H2. The number of hydrogen-bond donors (Lipinski definition) is 1. The Morgan fingerprint density at radius 1 is 0.929 bits per heavy atom. The minimum Gasteiger partial charge on any atom is -0.486 e. The van der Waals surface area contributed by atoms with Gasteiger partial charge in [0, 0.05) is 12.8 Å². The largest absolute Gasteiger partial charge is 0.486 e. The molecule has 0 aromatic heterocycles. The summed E-state index contributed by atoms with van der Waals surface area (Å²) in [5.41, 5.74) is 1.68. The molecule has 3 nitrogen and oxygen atoms in total.